The van der Waals surface area contributed by atoms with Gasteiger partial charge in [-0.15, -0.1) is 0 Å². The maximum Gasteiger partial charge on any atom is 0.236 e. The molecule has 1 saturated heterocycles. The quantitative estimate of drug-likeness (QED) is 0.919. The smallest absolute Gasteiger partial charge is 0.236 e. The lowest BCUT2D eigenvalue weighted by Crippen LogP contribution is -2.39. The van der Waals surface area contributed by atoms with Crippen molar-refractivity contribution in [2.75, 3.05) is 39.8 Å². The van der Waals surface area contributed by atoms with Gasteiger partial charge in [-0.05, 0) is 31.6 Å². The SMILES string of the molecule is CN(Cc1c(F)cccc1Cl)C(=O)CN1CCCNCC1. The maximum atomic E-state index is 13.7. The van der Waals surface area contributed by atoms with Crippen LogP contribution in [0.1, 0.15) is 12.0 Å². The minimum Gasteiger partial charge on any atom is -0.340 e. The van der Waals surface area contributed by atoms with Gasteiger partial charge in [0.1, 0.15) is 5.82 Å². The molecule has 1 N–H and O–H groups in total. The van der Waals surface area contributed by atoms with Crippen molar-refractivity contribution in [3.05, 3.63) is 34.6 Å². The Hall–Kier alpha value is -1.17. The first-order valence-corrected chi connectivity index (χ1v) is 7.55. The van der Waals surface area contributed by atoms with Gasteiger partial charge < -0.3 is 10.2 Å². The van der Waals surface area contributed by atoms with Gasteiger partial charge in [0.15, 0.2) is 0 Å². The van der Waals surface area contributed by atoms with E-state index in [2.05, 4.69) is 10.2 Å². The Balaban J connectivity index is 1.93. The van der Waals surface area contributed by atoms with Crippen LogP contribution < -0.4 is 5.32 Å². The largest absolute Gasteiger partial charge is 0.340 e. The van der Waals surface area contributed by atoms with Crippen LogP contribution in [0.3, 0.4) is 0 Å². The van der Waals surface area contributed by atoms with Gasteiger partial charge in [0, 0.05) is 37.3 Å². The molecule has 0 unspecified atom stereocenters. The highest BCUT2D eigenvalue weighted by molar-refractivity contribution is 6.31. The van der Waals surface area contributed by atoms with Crippen LogP contribution in [0.15, 0.2) is 18.2 Å². The number of halogens is 2. The first kappa shape index (κ1) is 16.2. The van der Waals surface area contributed by atoms with Crippen molar-refractivity contribution in [1.82, 2.24) is 15.1 Å². The van der Waals surface area contributed by atoms with Crippen molar-refractivity contribution >= 4 is 17.5 Å². The number of carbonyl (C=O) groups excluding carboxylic acids is 1. The van der Waals surface area contributed by atoms with Crippen LogP contribution in [0.4, 0.5) is 4.39 Å². The van der Waals surface area contributed by atoms with E-state index in [9.17, 15) is 9.18 Å². The van der Waals surface area contributed by atoms with E-state index < -0.39 is 0 Å². The molecule has 1 aliphatic heterocycles. The highest BCUT2D eigenvalue weighted by Crippen LogP contribution is 2.20. The molecule has 0 aromatic heterocycles. The Morgan fingerprint density at radius 3 is 3.00 bits per heavy atom. The summed E-state index contributed by atoms with van der Waals surface area (Å²) in [5, 5.41) is 3.66. The third-order valence-corrected chi connectivity index (χ3v) is 4.03. The Bertz CT molecular complexity index is 470. The molecule has 1 aromatic carbocycles. The van der Waals surface area contributed by atoms with Crippen LogP contribution in [0.25, 0.3) is 0 Å². The van der Waals surface area contributed by atoms with Crippen molar-refractivity contribution in [3.63, 3.8) is 0 Å². The Kier molecular flexibility index (Phi) is 5.96. The predicted octanol–water partition coefficient (Wildman–Crippen LogP) is 1.73. The van der Waals surface area contributed by atoms with Crippen molar-refractivity contribution in [1.29, 1.82) is 0 Å². The molecule has 2 rings (SSSR count). The average Bonchev–Trinajstić information content (AvgIpc) is 2.71. The summed E-state index contributed by atoms with van der Waals surface area (Å²) < 4.78 is 13.7. The van der Waals surface area contributed by atoms with E-state index in [0.29, 0.717) is 17.1 Å². The van der Waals surface area contributed by atoms with Crippen LogP contribution in [0.5, 0.6) is 0 Å². The molecule has 21 heavy (non-hydrogen) atoms. The Morgan fingerprint density at radius 1 is 1.43 bits per heavy atom. The number of benzene rings is 1. The van der Waals surface area contributed by atoms with Crippen LogP contribution >= 0.6 is 11.6 Å². The van der Waals surface area contributed by atoms with Crippen molar-refractivity contribution in [3.8, 4) is 0 Å². The van der Waals surface area contributed by atoms with Gasteiger partial charge in [-0.3, -0.25) is 9.69 Å². The van der Waals surface area contributed by atoms with Crippen molar-refractivity contribution < 1.29 is 9.18 Å². The number of hydrogen-bond donors (Lipinski definition) is 1. The molecule has 6 heteroatoms. The number of likely N-dealkylation sites (N-methyl/N-ethyl adjacent to an activating group) is 1. The van der Waals surface area contributed by atoms with E-state index in [1.807, 2.05) is 0 Å². The van der Waals surface area contributed by atoms with E-state index in [0.717, 1.165) is 32.6 Å². The van der Waals surface area contributed by atoms with Crippen LogP contribution in [0, 0.1) is 5.82 Å². The highest BCUT2D eigenvalue weighted by atomic mass is 35.5. The first-order valence-electron chi connectivity index (χ1n) is 7.18. The molecular weight excluding hydrogens is 293 g/mol. The molecule has 0 radical (unpaired) electrons. The normalized spacial score (nSPS) is 16.5. The topological polar surface area (TPSA) is 35.6 Å². The third kappa shape index (κ3) is 4.66. The second kappa shape index (κ2) is 7.73. The van der Waals surface area contributed by atoms with E-state index in [-0.39, 0.29) is 18.3 Å². The monoisotopic (exact) mass is 313 g/mol. The average molecular weight is 314 g/mol. The summed E-state index contributed by atoms with van der Waals surface area (Å²) in [6.45, 7) is 4.22. The summed E-state index contributed by atoms with van der Waals surface area (Å²) in [7, 11) is 1.68. The molecule has 1 heterocycles. The lowest BCUT2D eigenvalue weighted by Gasteiger charge is -2.24. The predicted molar refractivity (Wildman–Crippen MR) is 81.8 cm³/mol. The second-order valence-corrected chi connectivity index (χ2v) is 5.74. The molecule has 0 atom stereocenters. The minimum atomic E-state index is -0.374. The van der Waals surface area contributed by atoms with Crippen molar-refractivity contribution in [2.45, 2.75) is 13.0 Å². The fourth-order valence-corrected chi connectivity index (χ4v) is 2.60. The molecule has 116 valence electrons. The standard InChI is InChI=1S/C15H21ClFN3O/c1-19(10-12-13(16)4-2-5-14(12)17)15(21)11-20-8-3-6-18-7-9-20/h2,4-5,18H,3,6-11H2,1H3. The lowest BCUT2D eigenvalue weighted by atomic mass is 10.2. The Labute approximate surface area is 129 Å². The number of carbonyl (C=O) groups is 1. The molecule has 1 amide bonds. The molecule has 1 fully saturated rings. The number of rotatable bonds is 4. The number of amides is 1. The Morgan fingerprint density at radius 2 is 2.24 bits per heavy atom. The summed E-state index contributed by atoms with van der Waals surface area (Å²) in [4.78, 5) is 15.9. The first-order chi connectivity index (χ1) is 10.1. The van der Waals surface area contributed by atoms with Gasteiger partial charge in [-0.25, -0.2) is 4.39 Å². The summed E-state index contributed by atoms with van der Waals surface area (Å²) >= 11 is 6.00. The van der Waals surface area contributed by atoms with Gasteiger partial charge in [-0.1, -0.05) is 17.7 Å². The van der Waals surface area contributed by atoms with Crippen molar-refractivity contribution in [2.24, 2.45) is 0 Å². The summed E-state index contributed by atoms with van der Waals surface area (Å²) in [5.74, 6) is -0.391. The zero-order chi connectivity index (χ0) is 15.2. The fourth-order valence-electron chi connectivity index (χ4n) is 2.38. The molecular formula is C15H21ClFN3O. The van der Waals surface area contributed by atoms with Gasteiger partial charge in [0.25, 0.3) is 0 Å². The molecule has 0 aliphatic carbocycles. The molecule has 0 saturated carbocycles. The van der Waals surface area contributed by atoms with Crippen LogP contribution in [0.2, 0.25) is 5.02 Å². The number of nitrogens with one attached hydrogen (secondary N) is 1. The van der Waals surface area contributed by atoms with Gasteiger partial charge in [0.05, 0.1) is 6.54 Å². The number of nitrogens with zero attached hydrogens (tertiary/aromatic N) is 2. The summed E-state index contributed by atoms with van der Waals surface area (Å²) in [5.41, 5.74) is 0.368. The molecule has 1 aromatic rings. The lowest BCUT2D eigenvalue weighted by molar-refractivity contribution is -0.131. The van der Waals surface area contributed by atoms with Gasteiger partial charge in [-0.2, -0.15) is 0 Å². The highest BCUT2D eigenvalue weighted by Gasteiger charge is 2.18. The van der Waals surface area contributed by atoms with E-state index >= 15 is 0 Å². The zero-order valence-electron chi connectivity index (χ0n) is 12.2. The molecule has 4 nitrogen and oxygen atoms in total. The maximum absolute atomic E-state index is 13.7. The third-order valence-electron chi connectivity index (χ3n) is 3.67. The second-order valence-electron chi connectivity index (χ2n) is 5.33. The van der Waals surface area contributed by atoms with Gasteiger partial charge in [0.2, 0.25) is 5.91 Å². The molecule has 1 aliphatic rings. The summed E-state index contributed by atoms with van der Waals surface area (Å²) in [6.07, 6.45) is 1.04. The minimum absolute atomic E-state index is 0.0174. The van der Waals surface area contributed by atoms with Gasteiger partial charge >= 0.3 is 0 Å². The molecule has 0 spiro atoms. The van der Waals surface area contributed by atoms with Crippen LogP contribution in [-0.4, -0.2) is 55.5 Å². The zero-order valence-corrected chi connectivity index (χ0v) is 13.0. The van der Waals surface area contributed by atoms with Crippen LogP contribution in [-0.2, 0) is 11.3 Å². The summed E-state index contributed by atoms with van der Waals surface area (Å²) in [6, 6.07) is 4.56. The molecule has 0 bridgehead atoms. The van der Waals surface area contributed by atoms with E-state index in [1.54, 1.807) is 19.2 Å². The van der Waals surface area contributed by atoms with E-state index in [4.69, 9.17) is 11.6 Å². The van der Waals surface area contributed by atoms with E-state index in [1.165, 1.54) is 11.0 Å². The number of hydrogen-bond acceptors (Lipinski definition) is 3. The fraction of sp³-hybridized carbons (Fsp3) is 0.533.